The van der Waals surface area contributed by atoms with Gasteiger partial charge in [0.1, 0.15) is 0 Å². The maximum absolute atomic E-state index is 11.6. The molecule has 124 valence electrons. The topological polar surface area (TPSA) is 102 Å². The van der Waals surface area contributed by atoms with Crippen LogP contribution in [0.15, 0.2) is 0 Å². The minimum atomic E-state index is -1.96. The van der Waals surface area contributed by atoms with Crippen LogP contribution in [-0.2, 0) is 4.79 Å². The summed E-state index contributed by atoms with van der Waals surface area (Å²) in [6, 6.07) is -0.470. The summed E-state index contributed by atoms with van der Waals surface area (Å²) in [6.45, 7) is 9.97. The predicted molar refractivity (Wildman–Crippen MR) is 81.3 cm³/mol. The lowest BCUT2D eigenvalue weighted by atomic mass is 10.1. The molecule has 0 aromatic carbocycles. The van der Waals surface area contributed by atoms with Gasteiger partial charge in [-0.15, -0.1) is 0 Å². The number of carbonyl (C=O) groups is 2. The molecule has 0 radical (unpaired) electrons. The molecule has 21 heavy (non-hydrogen) atoms. The molecule has 0 aliphatic carbocycles. The predicted octanol–water partition coefficient (Wildman–Crippen LogP) is 0.632. The first-order valence-corrected chi connectivity index (χ1v) is 7.45. The van der Waals surface area contributed by atoms with Crippen LogP contribution in [0.25, 0.3) is 0 Å². The highest BCUT2D eigenvalue weighted by molar-refractivity contribution is 5.79. The van der Waals surface area contributed by atoms with Gasteiger partial charge < -0.3 is 25.7 Å². The van der Waals surface area contributed by atoms with Crippen molar-refractivity contribution in [2.24, 2.45) is 0 Å². The Balaban J connectivity index is 3.92. The lowest BCUT2D eigenvalue weighted by Crippen LogP contribution is -2.50. The molecule has 2 amide bonds. The van der Waals surface area contributed by atoms with E-state index < -0.39 is 17.6 Å². The first kappa shape index (κ1) is 19.7. The molecule has 7 nitrogen and oxygen atoms in total. The zero-order chi connectivity index (χ0) is 16.5. The molecule has 0 aromatic heterocycles. The first-order chi connectivity index (χ1) is 9.72. The van der Waals surface area contributed by atoms with Gasteiger partial charge in [-0.2, -0.15) is 0 Å². The second-order valence-electron chi connectivity index (χ2n) is 5.48. The Kier molecular flexibility index (Phi) is 8.96. The van der Waals surface area contributed by atoms with Crippen molar-refractivity contribution in [3.05, 3.63) is 0 Å². The number of carbonyl (C=O) groups excluding carboxylic acids is 1. The van der Waals surface area contributed by atoms with Gasteiger partial charge in [-0.3, -0.25) is 0 Å². The van der Waals surface area contributed by atoms with Crippen molar-refractivity contribution in [2.45, 2.75) is 52.2 Å². The molecule has 2 unspecified atom stereocenters. The highest BCUT2D eigenvalue weighted by Gasteiger charge is 2.30. The van der Waals surface area contributed by atoms with Crippen LogP contribution in [0.4, 0.5) is 4.79 Å². The molecule has 0 aliphatic rings. The van der Waals surface area contributed by atoms with Crippen LogP contribution in [0.1, 0.15) is 40.5 Å². The van der Waals surface area contributed by atoms with E-state index >= 15 is 0 Å². The van der Waals surface area contributed by atoms with E-state index in [0.29, 0.717) is 0 Å². The molecular weight excluding hydrogens is 274 g/mol. The first-order valence-electron chi connectivity index (χ1n) is 7.45. The van der Waals surface area contributed by atoms with Gasteiger partial charge >= 0.3 is 12.0 Å². The number of rotatable bonds is 10. The monoisotopic (exact) mass is 303 g/mol. The summed E-state index contributed by atoms with van der Waals surface area (Å²) in [4.78, 5) is 24.6. The fraction of sp³-hybridized carbons (Fsp3) is 0.857. The van der Waals surface area contributed by atoms with Gasteiger partial charge in [0.2, 0.25) is 0 Å². The summed E-state index contributed by atoms with van der Waals surface area (Å²) >= 11 is 0. The molecular formula is C14H29N3O4. The van der Waals surface area contributed by atoms with E-state index in [9.17, 15) is 14.7 Å². The molecule has 0 bridgehead atoms. The molecule has 7 heteroatoms. The van der Waals surface area contributed by atoms with Gasteiger partial charge in [0.05, 0.1) is 6.54 Å². The SMILES string of the molecule is CCN(CC)CCCC(C)NC(=O)NCC(C)(O)C(=O)O. The maximum Gasteiger partial charge on any atom is 0.337 e. The fourth-order valence-corrected chi connectivity index (χ4v) is 1.84. The molecule has 0 heterocycles. The van der Waals surface area contributed by atoms with Gasteiger partial charge in [-0.05, 0) is 46.3 Å². The van der Waals surface area contributed by atoms with Gasteiger partial charge in [0.15, 0.2) is 5.60 Å². The van der Waals surface area contributed by atoms with E-state index in [2.05, 4.69) is 29.4 Å². The summed E-state index contributed by atoms with van der Waals surface area (Å²) < 4.78 is 0. The molecule has 0 fully saturated rings. The van der Waals surface area contributed by atoms with Crippen molar-refractivity contribution in [2.75, 3.05) is 26.2 Å². The molecule has 4 N–H and O–H groups in total. The highest BCUT2D eigenvalue weighted by Crippen LogP contribution is 2.02. The Hall–Kier alpha value is -1.34. The number of nitrogens with zero attached hydrogens (tertiary/aromatic N) is 1. The maximum atomic E-state index is 11.6. The van der Waals surface area contributed by atoms with Gasteiger partial charge in [0, 0.05) is 6.04 Å². The minimum Gasteiger partial charge on any atom is -0.479 e. The Bertz CT molecular complexity index is 330. The third-order valence-electron chi connectivity index (χ3n) is 3.44. The normalized spacial score (nSPS) is 15.3. The summed E-state index contributed by atoms with van der Waals surface area (Å²) in [5.74, 6) is -1.37. The number of aliphatic hydroxyl groups is 1. The van der Waals surface area contributed by atoms with Crippen LogP contribution >= 0.6 is 0 Å². The largest absolute Gasteiger partial charge is 0.479 e. The molecule has 0 saturated heterocycles. The minimum absolute atomic E-state index is 0.00432. The number of hydrogen-bond donors (Lipinski definition) is 4. The van der Waals surface area contributed by atoms with Crippen molar-refractivity contribution in [3.8, 4) is 0 Å². The molecule has 2 atom stereocenters. The van der Waals surface area contributed by atoms with Crippen LogP contribution in [0.5, 0.6) is 0 Å². The van der Waals surface area contributed by atoms with E-state index in [1.165, 1.54) is 0 Å². The fourth-order valence-electron chi connectivity index (χ4n) is 1.84. The highest BCUT2D eigenvalue weighted by atomic mass is 16.4. The van der Waals surface area contributed by atoms with Gasteiger partial charge in [0.25, 0.3) is 0 Å². The van der Waals surface area contributed by atoms with Crippen molar-refractivity contribution in [3.63, 3.8) is 0 Å². The second kappa shape index (κ2) is 9.57. The van der Waals surface area contributed by atoms with Gasteiger partial charge in [-0.1, -0.05) is 13.8 Å². The number of amides is 2. The average Bonchev–Trinajstić information content (AvgIpc) is 2.41. The zero-order valence-corrected chi connectivity index (χ0v) is 13.5. The number of carboxylic acids is 1. The third-order valence-corrected chi connectivity index (χ3v) is 3.44. The quantitative estimate of drug-likeness (QED) is 0.474. The molecule has 0 rings (SSSR count). The Morgan fingerprint density at radius 1 is 1.29 bits per heavy atom. The van der Waals surface area contributed by atoms with Gasteiger partial charge in [-0.25, -0.2) is 9.59 Å². The number of carboxylic acid groups (broad SMARTS) is 1. The van der Waals surface area contributed by atoms with E-state index in [-0.39, 0.29) is 12.6 Å². The van der Waals surface area contributed by atoms with E-state index in [1.807, 2.05) is 6.92 Å². The summed E-state index contributed by atoms with van der Waals surface area (Å²) in [5, 5.41) is 23.3. The van der Waals surface area contributed by atoms with Crippen LogP contribution in [-0.4, -0.2) is 64.9 Å². The van der Waals surface area contributed by atoms with Crippen molar-refractivity contribution in [1.29, 1.82) is 0 Å². The van der Waals surface area contributed by atoms with E-state index in [4.69, 9.17) is 5.11 Å². The number of urea groups is 1. The average molecular weight is 303 g/mol. The summed E-state index contributed by atoms with van der Waals surface area (Å²) in [6.07, 6.45) is 1.83. The smallest absolute Gasteiger partial charge is 0.337 e. The molecule has 0 aromatic rings. The van der Waals surface area contributed by atoms with Crippen molar-refractivity contribution in [1.82, 2.24) is 15.5 Å². The Labute approximate surface area is 126 Å². The summed E-state index contributed by atoms with van der Waals surface area (Å²) in [7, 11) is 0. The summed E-state index contributed by atoms with van der Waals surface area (Å²) in [5.41, 5.74) is -1.96. The van der Waals surface area contributed by atoms with E-state index in [0.717, 1.165) is 39.4 Å². The molecule has 0 saturated carbocycles. The number of nitrogens with one attached hydrogen (secondary N) is 2. The van der Waals surface area contributed by atoms with Crippen LogP contribution in [0.3, 0.4) is 0 Å². The Morgan fingerprint density at radius 2 is 1.86 bits per heavy atom. The van der Waals surface area contributed by atoms with Crippen molar-refractivity contribution >= 4 is 12.0 Å². The number of aliphatic carboxylic acids is 1. The lowest BCUT2D eigenvalue weighted by molar-refractivity contribution is -0.155. The van der Waals surface area contributed by atoms with E-state index in [1.54, 1.807) is 0 Å². The molecule has 0 spiro atoms. The van der Waals surface area contributed by atoms with Crippen LogP contribution in [0, 0.1) is 0 Å². The Morgan fingerprint density at radius 3 is 2.33 bits per heavy atom. The number of hydrogen-bond acceptors (Lipinski definition) is 4. The van der Waals surface area contributed by atoms with Crippen LogP contribution < -0.4 is 10.6 Å². The standard InChI is InChI=1S/C14H29N3O4/c1-5-17(6-2)9-7-8-11(3)16-13(20)15-10-14(4,21)12(18)19/h11,21H,5-10H2,1-4H3,(H,18,19)(H2,15,16,20). The lowest BCUT2D eigenvalue weighted by Gasteiger charge is -2.21. The zero-order valence-electron chi connectivity index (χ0n) is 13.5. The van der Waals surface area contributed by atoms with Crippen LogP contribution in [0.2, 0.25) is 0 Å². The van der Waals surface area contributed by atoms with Crippen molar-refractivity contribution < 1.29 is 19.8 Å². The third kappa shape index (κ3) is 8.52. The second-order valence-corrected chi connectivity index (χ2v) is 5.48. The molecule has 0 aliphatic heterocycles.